The lowest BCUT2D eigenvalue weighted by Crippen LogP contribution is -2.50. The number of benzene rings is 1. The van der Waals surface area contributed by atoms with Gasteiger partial charge in [0, 0.05) is 48.1 Å². The Morgan fingerprint density at radius 3 is 2.50 bits per heavy atom. The monoisotopic (exact) mass is 441 g/mol. The summed E-state index contributed by atoms with van der Waals surface area (Å²) in [5, 5.41) is 0. The first-order valence-electron chi connectivity index (χ1n) is 10.1. The number of aromatic nitrogens is 3. The summed E-state index contributed by atoms with van der Waals surface area (Å²) in [5.41, 5.74) is 4.11. The third-order valence-corrected chi connectivity index (χ3v) is 7.08. The van der Waals surface area contributed by atoms with Crippen LogP contribution in [0.3, 0.4) is 0 Å². The van der Waals surface area contributed by atoms with Gasteiger partial charge in [-0.3, -0.25) is 13.9 Å². The van der Waals surface area contributed by atoms with Crippen molar-refractivity contribution in [2.45, 2.75) is 51.1 Å². The molecule has 1 aromatic carbocycles. The molecule has 3 aromatic rings. The number of quaternary nitrogens is 1. The number of hydrogen-bond donors (Lipinski definition) is 0. The molecule has 146 valence electrons. The highest BCUT2D eigenvalue weighted by Gasteiger charge is 2.55. The van der Waals surface area contributed by atoms with Crippen molar-refractivity contribution in [2.75, 3.05) is 14.2 Å². The van der Waals surface area contributed by atoms with Crippen LogP contribution in [0, 0.1) is 0 Å². The zero-order valence-electron chi connectivity index (χ0n) is 16.7. The molecule has 0 amide bonds. The van der Waals surface area contributed by atoms with Crippen LogP contribution in [-0.4, -0.2) is 40.6 Å². The van der Waals surface area contributed by atoms with Crippen LogP contribution in [0.2, 0.25) is 0 Å². The molecular weight excluding hydrogens is 416 g/mol. The Balaban J connectivity index is 1.73. The Bertz CT molecular complexity index is 1040. The smallest absolute Gasteiger partial charge is 0.236 e. The first-order valence-corrected chi connectivity index (χ1v) is 10.9. The van der Waals surface area contributed by atoms with E-state index in [2.05, 4.69) is 46.6 Å². The van der Waals surface area contributed by atoms with Gasteiger partial charge in [-0.2, -0.15) is 0 Å². The van der Waals surface area contributed by atoms with Crippen molar-refractivity contribution in [3.63, 3.8) is 0 Å². The lowest BCUT2D eigenvalue weighted by Gasteiger charge is -2.34. The summed E-state index contributed by atoms with van der Waals surface area (Å²) in [6.07, 6.45) is 10.2. The number of nitrogens with zero attached hydrogens (tertiary/aromatic N) is 4. The van der Waals surface area contributed by atoms with Gasteiger partial charge < -0.3 is 4.74 Å². The van der Waals surface area contributed by atoms with Crippen LogP contribution >= 0.6 is 15.9 Å². The summed E-state index contributed by atoms with van der Waals surface area (Å²) in [4.78, 5) is 9.83. The molecule has 6 heteroatoms. The van der Waals surface area contributed by atoms with Crippen LogP contribution in [0.1, 0.15) is 38.3 Å². The van der Waals surface area contributed by atoms with E-state index in [-0.39, 0.29) is 0 Å². The van der Waals surface area contributed by atoms with E-state index >= 15 is 0 Å². The average Bonchev–Trinajstić information content (AvgIpc) is 3.61. The molecule has 0 radical (unpaired) electrons. The number of methoxy groups -OCH3 is 1. The van der Waals surface area contributed by atoms with E-state index in [4.69, 9.17) is 14.7 Å². The lowest BCUT2D eigenvalue weighted by atomic mass is 10.1. The topological polar surface area (TPSA) is 39.4 Å². The molecule has 0 N–H and O–H groups in total. The molecule has 0 bridgehead atoms. The van der Waals surface area contributed by atoms with Crippen molar-refractivity contribution in [1.82, 2.24) is 18.9 Å². The van der Waals surface area contributed by atoms with E-state index in [9.17, 15) is 0 Å². The van der Waals surface area contributed by atoms with Gasteiger partial charge in [0.15, 0.2) is 5.65 Å². The first-order chi connectivity index (χ1) is 13.6. The highest BCUT2D eigenvalue weighted by Crippen LogP contribution is 2.48. The van der Waals surface area contributed by atoms with Gasteiger partial charge in [0.1, 0.15) is 17.1 Å². The van der Waals surface area contributed by atoms with Gasteiger partial charge in [-0.15, -0.1) is 0 Å². The summed E-state index contributed by atoms with van der Waals surface area (Å²) < 4.78 is 9.67. The van der Waals surface area contributed by atoms with Crippen molar-refractivity contribution in [1.29, 1.82) is 0 Å². The highest BCUT2D eigenvalue weighted by atomic mass is 79.9. The van der Waals surface area contributed by atoms with E-state index in [1.807, 2.05) is 18.3 Å². The number of fused-ring (bicyclic) bond motifs is 1. The van der Waals surface area contributed by atoms with Crippen molar-refractivity contribution in [3.8, 4) is 17.0 Å². The SMILES string of the molecule is CCc1nc2c(-c3ccc(OC)cc3Br)nccn2c1[N+](C)(C1CC1)C1CC1. The van der Waals surface area contributed by atoms with Crippen molar-refractivity contribution < 1.29 is 4.74 Å². The minimum atomic E-state index is 0.738. The lowest BCUT2D eigenvalue weighted by molar-refractivity contribution is 0.297. The normalized spacial score (nSPS) is 17.3. The van der Waals surface area contributed by atoms with Gasteiger partial charge in [-0.05, 0) is 40.5 Å². The molecule has 28 heavy (non-hydrogen) atoms. The molecular formula is C22H26BrN4O+. The molecule has 0 spiro atoms. The van der Waals surface area contributed by atoms with Gasteiger partial charge in [-0.1, -0.05) is 6.92 Å². The van der Waals surface area contributed by atoms with E-state index < -0.39 is 0 Å². The van der Waals surface area contributed by atoms with Crippen LogP contribution in [0.15, 0.2) is 35.1 Å². The molecule has 2 saturated carbocycles. The summed E-state index contributed by atoms with van der Waals surface area (Å²) >= 11 is 3.70. The van der Waals surface area contributed by atoms with Crippen LogP contribution in [0.5, 0.6) is 5.75 Å². The van der Waals surface area contributed by atoms with Crippen LogP contribution in [-0.2, 0) is 6.42 Å². The fraction of sp³-hybridized carbons (Fsp3) is 0.455. The Labute approximate surface area is 174 Å². The molecule has 2 aliphatic carbocycles. The summed E-state index contributed by atoms with van der Waals surface area (Å²) in [5.74, 6) is 2.20. The quantitative estimate of drug-likeness (QED) is 0.505. The average molecular weight is 442 g/mol. The summed E-state index contributed by atoms with van der Waals surface area (Å²) in [6.45, 7) is 2.21. The number of hydrogen-bond acceptors (Lipinski definition) is 3. The predicted molar refractivity (Wildman–Crippen MR) is 116 cm³/mol. The van der Waals surface area contributed by atoms with Crippen molar-refractivity contribution in [2.24, 2.45) is 0 Å². The second-order valence-electron chi connectivity index (χ2n) is 8.16. The van der Waals surface area contributed by atoms with Gasteiger partial charge in [-0.25, -0.2) is 4.98 Å². The number of aryl methyl sites for hydroxylation is 1. The van der Waals surface area contributed by atoms with E-state index in [0.717, 1.165) is 50.1 Å². The number of ether oxygens (including phenoxy) is 1. The maximum Gasteiger partial charge on any atom is 0.236 e. The first kappa shape index (κ1) is 18.1. The maximum atomic E-state index is 5.35. The molecule has 5 rings (SSSR count). The van der Waals surface area contributed by atoms with Gasteiger partial charge in [0.2, 0.25) is 5.82 Å². The molecule has 2 aliphatic rings. The second-order valence-corrected chi connectivity index (χ2v) is 9.01. The van der Waals surface area contributed by atoms with E-state index in [1.54, 1.807) is 7.11 Å². The molecule has 0 atom stereocenters. The molecule has 0 unspecified atom stereocenters. The molecule has 2 fully saturated rings. The second kappa shape index (κ2) is 6.56. The van der Waals surface area contributed by atoms with Crippen LogP contribution < -0.4 is 9.22 Å². The molecule has 0 aliphatic heterocycles. The third kappa shape index (κ3) is 2.69. The van der Waals surface area contributed by atoms with E-state index in [0.29, 0.717) is 0 Å². The summed E-state index contributed by atoms with van der Waals surface area (Å²) in [7, 11) is 4.12. The minimum absolute atomic E-state index is 0.738. The molecule has 2 aromatic heterocycles. The Kier molecular flexibility index (Phi) is 4.25. The Morgan fingerprint density at radius 2 is 1.93 bits per heavy atom. The zero-order valence-corrected chi connectivity index (χ0v) is 18.2. The fourth-order valence-electron chi connectivity index (χ4n) is 4.63. The Hall–Kier alpha value is -1.92. The number of imidazole rings is 1. The summed E-state index contributed by atoms with van der Waals surface area (Å²) in [6, 6.07) is 7.50. The zero-order chi connectivity index (χ0) is 19.5. The fourth-order valence-corrected chi connectivity index (χ4v) is 5.18. The number of halogens is 1. The minimum Gasteiger partial charge on any atom is -0.497 e. The number of rotatable bonds is 6. The third-order valence-electron chi connectivity index (χ3n) is 6.42. The van der Waals surface area contributed by atoms with Crippen LogP contribution in [0.25, 0.3) is 16.9 Å². The van der Waals surface area contributed by atoms with E-state index in [1.165, 1.54) is 37.2 Å². The van der Waals surface area contributed by atoms with Crippen molar-refractivity contribution >= 4 is 27.4 Å². The van der Waals surface area contributed by atoms with Gasteiger partial charge >= 0.3 is 0 Å². The largest absolute Gasteiger partial charge is 0.497 e. The molecule has 5 nitrogen and oxygen atoms in total. The van der Waals surface area contributed by atoms with Gasteiger partial charge in [0.05, 0.1) is 26.2 Å². The molecule has 0 saturated heterocycles. The molecule has 2 heterocycles. The highest BCUT2D eigenvalue weighted by molar-refractivity contribution is 9.10. The van der Waals surface area contributed by atoms with Crippen LogP contribution in [0.4, 0.5) is 5.82 Å². The van der Waals surface area contributed by atoms with Gasteiger partial charge in [0.25, 0.3) is 0 Å². The predicted octanol–water partition coefficient (Wildman–Crippen LogP) is 4.99. The Morgan fingerprint density at radius 1 is 1.21 bits per heavy atom. The van der Waals surface area contributed by atoms with Crippen molar-refractivity contribution in [3.05, 3.63) is 40.8 Å². The standard InChI is InChI=1S/C22H26BrN4O/c1-4-19-22(27(2,14-5-6-14)15-7-8-15)26-12-11-24-20(21(26)25-19)17-10-9-16(28-3)13-18(17)23/h9-15H,4-8H2,1-3H3/q+1. The maximum absolute atomic E-state index is 5.35.